The summed E-state index contributed by atoms with van der Waals surface area (Å²) in [5, 5.41) is 5.29. The second-order valence-electron chi connectivity index (χ2n) is 18.4. The van der Waals surface area contributed by atoms with Crippen molar-refractivity contribution in [2.45, 2.75) is 121 Å². The van der Waals surface area contributed by atoms with Gasteiger partial charge >= 0.3 is 12.2 Å². The molecule has 0 unspecified atom stereocenters. The average molecular weight is 880 g/mol. The molecular formula is C49H65N7O8. The summed E-state index contributed by atoms with van der Waals surface area (Å²) in [7, 11) is 2.47. The Balaban J connectivity index is 1.34. The van der Waals surface area contributed by atoms with E-state index in [1.54, 1.807) is 0 Å². The van der Waals surface area contributed by atoms with Gasteiger partial charge in [0, 0.05) is 18.8 Å². The fourth-order valence-corrected chi connectivity index (χ4v) is 10.2. The van der Waals surface area contributed by atoms with Crippen LogP contribution in [0.5, 0.6) is 0 Å². The minimum Gasteiger partial charge on any atom is -0.453 e. The number of nitrogens with one attached hydrogen (secondary N) is 2. The van der Waals surface area contributed by atoms with E-state index < -0.39 is 59.0 Å². The molecular weight excluding hydrogens is 815 g/mol. The molecule has 6 N–H and O–H groups in total. The summed E-state index contributed by atoms with van der Waals surface area (Å²) in [6.45, 7) is 12.2. The highest BCUT2D eigenvalue weighted by Gasteiger charge is 2.53. The molecule has 6 amide bonds. The van der Waals surface area contributed by atoms with E-state index in [0.717, 1.165) is 29.7 Å². The zero-order chi connectivity index (χ0) is 46.7. The third-order valence-corrected chi connectivity index (χ3v) is 13.7. The summed E-state index contributed by atoms with van der Waals surface area (Å²) < 4.78 is 9.60. The predicted octanol–water partition coefficient (Wildman–Crippen LogP) is 6.26. The van der Waals surface area contributed by atoms with E-state index in [9.17, 15) is 28.8 Å². The minimum atomic E-state index is -1.40. The Kier molecular flexibility index (Phi) is 14.3. The van der Waals surface area contributed by atoms with Gasteiger partial charge in [-0.1, -0.05) is 102 Å². The van der Waals surface area contributed by atoms with Gasteiger partial charge in [-0.25, -0.2) is 9.59 Å². The van der Waals surface area contributed by atoms with E-state index in [1.807, 2.05) is 76.2 Å². The maximum absolute atomic E-state index is 14.1. The number of nitrogens with zero attached hydrogens (tertiary/aromatic N) is 3. The quantitative estimate of drug-likeness (QED) is 0.144. The molecule has 3 saturated heterocycles. The third-order valence-electron chi connectivity index (χ3n) is 13.7. The molecule has 0 bridgehead atoms. The van der Waals surface area contributed by atoms with Crippen molar-refractivity contribution in [2.75, 3.05) is 32.2 Å². The van der Waals surface area contributed by atoms with Crippen molar-refractivity contribution in [2.24, 2.45) is 23.3 Å². The Morgan fingerprint density at radius 3 is 1.28 bits per heavy atom. The van der Waals surface area contributed by atoms with Crippen molar-refractivity contribution in [3.05, 3.63) is 101 Å². The summed E-state index contributed by atoms with van der Waals surface area (Å²) in [6.07, 6.45) is 1.94. The Labute approximate surface area is 376 Å². The number of primary amides is 2. The van der Waals surface area contributed by atoms with E-state index >= 15 is 0 Å². The summed E-state index contributed by atoms with van der Waals surface area (Å²) in [5.41, 5.74) is 15.1. The lowest BCUT2D eigenvalue weighted by molar-refractivity contribution is -0.146. The second-order valence-corrected chi connectivity index (χ2v) is 18.4. The first-order valence-corrected chi connectivity index (χ1v) is 22.4. The van der Waals surface area contributed by atoms with Crippen molar-refractivity contribution in [3.8, 4) is 0 Å². The molecule has 64 heavy (non-hydrogen) atoms. The molecule has 3 aliphatic rings. The van der Waals surface area contributed by atoms with Crippen LogP contribution in [0, 0.1) is 11.8 Å². The van der Waals surface area contributed by atoms with E-state index in [0.29, 0.717) is 55.8 Å². The van der Waals surface area contributed by atoms with Gasteiger partial charge in [0.25, 0.3) is 0 Å². The van der Waals surface area contributed by atoms with Crippen molar-refractivity contribution in [3.63, 3.8) is 0 Å². The fourth-order valence-electron chi connectivity index (χ4n) is 10.2. The van der Waals surface area contributed by atoms with E-state index in [1.165, 1.54) is 29.6 Å². The average Bonchev–Trinajstić information content (AvgIpc) is 4.05. The molecule has 0 radical (unpaired) electrons. The van der Waals surface area contributed by atoms with Gasteiger partial charge in [-0.05, 0) is 96.2 Å². The molecule has 6 rings (SSSR count). The van der Waals surface area contributed by atoms with E-state index in [2.05, 4.69) is 53.6 Å². The molecule has 0 aromatic heterocycles. The molecule has 3 heterocycles. The number of ether oxygens (including phenoxy) is 2. The zero-order valence-corrected chi connectivity index (χ0v) is 38.4. The number of nitrogens with two attached hydrogens (primary N) is 2. The lowest BCUT2D eigenvalue weighted by atomic mass is 9.84. The number of carbonyl (C=O) groups excluding carboxylic acids is 6. The molecule has 15 heteroatoms. The van der Waals surface area contributed by atoms with Gasteiger partial charge in [0.15, 0.2) is 0 Å². The van der Waals surface area contributed by atoms with Crippen molar-refractivity contribution >= 4 is 41.5 Å². The molecule has 6 atom stereocenters. The zero-order valence-electron chi connectivity index (χ0n) is 38.4. The largest absolute Gasteiger partial charge is 0.453 e. The molecule has 0 aliphatic carbocycles. The fraction of sp³-hybridized carbons (Fsp3) is 0.510. The number of rotatable bonds is 14. The normalized spacial score (nSPS) is 23.0. The maximum atomic E-state index is 14.1. The number of carbonyl (C=O) groups is 6. The topological polar surface area (TPSA) is 207 Å². The Morgan fingerprint density at radius 1 is 0.594 bits per heavy atom. The van der Waals surface area contributed by atoms with Gasteiger partial charge in [0.1, 0.15) is 23.2 Å². The molecule has 3 aromatic rings. The number of hydrogen-bond acceptors (Lipinski definition) is 9. The first-order valence-electron chi connectivity index (χ1n) is 22.4. The van der Waals surface area contributed by atoms with Crippen LogP contribution in [0.4, 0.5) is 15.3 Å². The van der Waals surface area contributed by atoms with Crippen LogP contribution in [-0.2, 0) is 39.7 Å². The van der Waals surface area contributed by atoms with Gasteiger partial charge in [0.2, 0.25) is 23.6 Å². The standard InChI is InChI=1S/C49H65N7O8/c1-29(2)32-15-21-37(22-16-32)56-38(33-11-17-35(18-12-33)48(44(50)59)25-9-27-54(48)42(57)40(30(3)4)52-46(61)63-7)23-24-39(56)34-13-19-36(20-14-34)49(45(51)60)26-10-28-55(49)43(58)41(31(5)6)53-47(62)64-8/h11-22,29-31,38-41H,9-10,23-28H2,1-8H3,(H2,50,59)(H2,51,60)(H,52,61)(H,53,62)/t38-,39-,40+,41+,48+,49+/m1/s1. The molecule has 3 aromatic carbocycles. The van der Waals surface area contributed by atoms with Gasteiger partial charge in [-0.15, -0.1) is 0 Å². The van der Waals surface area contributed by atoms with Crippen LogP contribution in [0.2, 0.25) is 0 Å². The smallest absolute Gasteiger partial charge is 0.407 e. The Bertz CT molecular complexity index is 2070. The number of hydrogen-bond donors (Lipinski definition) is 4. The first-order chi connectivity index (χ1) is 30.4. The summed E-state index contributed by atoms with van der Waals surface area (Å²) in [4.78, 5) is 85.2. The first kappa shape index (κ1) is 47.4. The minimum absolute atomic E-state index is 0.0702. The maximum Gasteiger partial charge on any atom is 0.407 e. The van der Waals surface area contributed by atoms with E-state index in [-0.39, 0.29) is 23.9 Å². The lowest BCUT2D eigenvalue weighted by Gasteiger charge is -2.39. The van der Waals surface area contributed by atoms with Gasteiger partial charge < -0.3 is 46.3 Å². The number of alkyl carbamates (subject to hydrolysis) is 2. The van der Waals surface area contributed by atoms with Crippen molar-refractivity contribution in [1.29, 1.82) is 0 Å². The van der Waals surface area contributed by atoms with E-state index in [4.69, 9.17) is 20.9 Å². The van der Waals surface area contributed by atoms with Crippen molar-refractivity contribution in [1.82, 2.24) is 20.4 Å². The molecule has 0 spiro atoms. The Morgan fingerprint density at radius 2 is 0.969 bits per heavy atom. The van der Waals surface area contributed by atoms with Crippen LogP contribution in [0.15, 0.2) is 72.8 Å². The predicted molar refractivity (Wildman–Crippen MR) is 243 cm³/mol. The highest BCUT2D eigenvalue weighted by Crippen LogP contribution is 2.49. The number of methoxy groups -OCH3 is 2. The van der Waals surface area contributed by atoms with Gasteiger partial charge in [-0.3, -0.25) is 19.2 Å². The van der Waals surface area contributed by atoms with Crippen LogP contribution in [0.25, 0.3) is 0 Å². The van der Waals surface area contributed by atoms with Crippen LogP contribution in [0.1, 0.15) is 126 Å². The van der Waals surface area contributed by atoms with Crippen LogP contribution in [0.3, 0.4) is 0 Å². The number of anilines is 1. The SMILES string of the molecule is COC(=O)N[C@H](C(=O)N1CCC[C@@]1(C(N)=O)c1ccc([C@H]2CC[C@H](c3ccc([C@]4(C(N)=O)CCCN4C(=O)[C@@H](NC(=O)OC)C(C)C)cc3)N2c2ccc(C(C)C)cc2)cc1)C(C)C. The molecule has 0 saturated carbocycles. The van der Waals surface area contributed by atoms with Gasteiger partial charge in [0.05, 0.1) is 26.3 Å². The van der Waals surface area contributed by atoms with Crippen LogP contribution < -0.4 is 27.0 Å². The number of benzene rings is 3. The Hall–Kier alpha value is -6.12. The lowest BCUT2D eigenvalue weighted by Crippen LogP contribution is -2.59. The molecule has 344 valence electrons. The monoisotopic (exact) mass is 879 g/mol. The second kappa shape index (κ2) is 19.3. The summed E-state index contributed by atoms with van der Waals surface area (Å²) >= 11 is 0. The molecule has 3 fully saturated rings. The summed E-state index contributed by atoms with van der Waals surface area (Å²) in [5.74, 6) is -2.28. The molecule has 15 nitrogen and oxygen atoms in total. The van der Waals surface area contributed by atoms with Crippen LogP contribution in [-0.4, -0.2) is 85.0 Å². The molecule has 3 aliphatic heterocycles. The summed E-state index contributed by atoms with van der Waals surface area (Å²) in [6, 6.07) is 22.3. The highest BCUT2D eigenvalue weighted by molar-refractivity contribution is 5.96. The van der Waals surface area contributed by atoms with Crippen molar-refractivity contribution < 1.29 is 38.2 Å². The third kappa shape index (κ3) is 8.73. The van der Waals surface area contributed by atoms with Crippen LogP contribution >= 0.6 is 0 Å². The highest BCUT2D eigenvalue weighted by atomic mass is 16.5. The van der Waals surface area contributed by atoms with Gasteiger partial charge in [-0.2, -0.15) is 0 Å². The number of likely N-dealkylation sites (tertiary alicyclic amines) is 2. The number of amides is 6.